The Morgan fingerprint density at radius 3 is 2.44 bits per heavy atom. The van der Waals surface area contributed by atoms with Gasteiger partial charge >= 0.3 is 0 Å². The number of benzene rings is 2. The molecule has 1 amide bonds. The van der Waals surface area contributed by atoms with Crippen molar-refractivity contribution in [1.82, 2.24) is 29.4 Å². The molecule has 0 bridgehead atoms. The van der Waals surface area contributed by atoms with Crippen LogP contribution >= 0.6 is 11.8 Å². The molecule has 1 atom stereocenters. The predicted molar refractivity (Wildman–Crippen MR) is 145 cm³/mol. The monoisotopic (exact) mass is 503 g/mol. The van der Waals surface area contributed by atoms with Crippen LogP contribution in [0.15, 0.2) is 65.8 Å². The summed E-state index contributed by atoms with van der Waals surface area (Å²) in [6, 6.07) is 20.3. The minimum atomic E-state index is -0.122. The molecule has 4 aromatic rings. The normalized spacial score (nSPS) is 12.2. The van der Waals surface area contributed by atoms with Gasteiger partial charge in [0.25, 0.3) is 0 Å². The van der Waals surface area contributed by atoms with Gasteiger partial charge in [0, 0.05) is 6.07 Å². The van der Waals surface area contributed by atoms with E-state index in [2.05, 4.69) is 63.2 Å². The minimum Gasteiger partial charge on any atom is -0.310 e. The molecule has 2 aromatic carbocycles. The number of rotatable bonds is 10. The zero-order valence-electron chi connectivity index (χ0n) is 21.5. The van der Waals surface area contributed by atoms with E-state index in [0.717, 1.165) is 34.3 Å². The Labute approximate surface area is 216 Å². The van der Waals surface area contributed by atoms with Gasteiger partial charge in [0.1, 0.15) is 5.82 Å². The van der Waals surface area contributed by atoms with Crippen molar-refractivity contribution in [2.75, 3.05) is 25.2 Å². The average Bonchev–Trinajstić information content (AvgIpc) is 3.42. The Kier molecular flexibility index (Phi) is 8.22. The largest absolute Gasteiger partial charge is 0.310 e. The SMILES string of the molecule is CC[C@H](c1nnc(SCC(=O)Nc2cc(C)nn2-c2ccc(C)cc2)n1Cc1ccccc1)N(C)C. The van der Waals surface area contributed by atoms with Crippen LogP contribution in [0, 0.1) is 13.8 Å². The lowest BCUT2D eigenvalue weighted by Crippen LogP contribution is -2.23. The molecule has 8 nitrogen and oxygen atoms in total. The summed E-state index contributed by atoms with van der Waals surface area (Å²) >= 11 is 1.39. The van der Waals surface area contributed by atoms with Crippen molar-refractivity contribution in [3.05, 3.63) is 83.3 Å². The maximum atomic E-state index is 13.0. The van der Waals surface area contributed by atoms with Gasteiger partial charge < -0.3 is 9.88 Å². The topological polar surface area (TPSA) is 80.9 Å². The molecule has 0 saturated heterocycles. The first-order valence-corrected chi connectivity index (χ1v) is 13.0. The first-order chi connectivity index (χ1) is 17.4. The third-order valence-electron chi connectivity index (χ3n) is 5.95. The lowest BCUT2D eigenvalue weighted by atomic mass is 10.2. The van der Waals surface area contributed by atoms with E-state index in [1.807, 2.05) is 62.4 Å². The number of thioether (sulfide) groups is 1. The fourth-order valence-corrected chi connectivity index (χ4v) is 4.87. The zero-order chi connectivity index (χ0) is 25.7. The van der Waals surface area contributed by atoms with Crippen LogP contribution in [0.2, 0.25) is 0 Å². The van der Waals surface area contributed by atoms with Gasteiger partial charge in [-0.2, -0.15) is 5.10 Å². The minimum absolute atomic E-state index is 0.122. The molecule has 1 N–H and O–H groups in total. The molecular weight excluding hydrogens is 470 g/mol. The van der Waals surface area contributed by atoms with Gasteiger partial charge in [-0.25, -0.2) is 4.68 Å². The number of amides is 1. The van der Waals surface area contributed by atoms with Gasteiger partial charge in [-0.05, 0) is 52.1 Å². The number of carbonyl (C=O) groups excluding carboxylic acids is 1. The summed E-state index contributed by atoms with van der Waals surface area (Å²) in [5.41, 5.74) is 4.07. The molecule has 0 aliphatic rings. The van der Waals surface area contributed by atoms with Crippen LogP contribution in [-0.4, -0.2) is 55.2 Å². The Bertz CT molecular complexity index is 1300. The summed E-state index contributed by atoms with van der Waals surface area (Å²) in [5.74, 6) is 1.64. The number of nitrogens with zero attached hydrogens (tertiary/aromatic N) is 6. The van der Waals surface area contributed by atoms with Gasteiger partial charge in [0.15, 0.2) is 11.0 Å². The van der Waals surface area contributed by atoms with Gasteiger partial charge in [0.05, 0.1) is 29.7 Å². The van der Waals surface area contributed by atoms with Gasteiger partial charge in [-0.3, -0.25) is 9.69 Å². The summed E-state index contributed by atoms with van der Waals surface area (Å²) in [6.07, 6.45) is 0.910. The van der Waals surface area contributed by atoms with Crippen LogP contribution in [0.5, 0.6) is 0 Å². The molecule has 2 aromatic heterocycles. The van der Waals surface area contributed by atoms with E-state index in [0.29, 0.717) is 12.4 Å². The lowest BCUT2D eigenvalue weighted by molar-refractivity contribution is -0.113. The molecule has 9 heteroatoms. The van der Waals surface area contributed by atoms with Crippen molar-refractivity contribution in [2.45, 2.75) is 44.9 Å². The van der Waals surface area contributed by atoms with Crippen LogP contribution in [-0.2, 0) is 11.3 Å². The molecule has 0 aliphatic carbocycles. The highest BCUT2D eigenvalue weighted by Gasteiger charge is 2.23. The average molecular weight is 504 g/mol. The third-order valence-corrected chi connectivity index (χ3v) is 6.91. The van der Waals surface area contributed by atoms with E-state index in [9.17, 15) is 4.79 Å². The van der Waals surface area contributed by atoms with Crippen LogP contribution in [0.25, 0.3) is 5.69 Å². The van der Waals surface area contributed by atoms with E-state index >= 15 is 0 Å². The summed E-state index contributed by atoms with van der Waals surface area (Å²) in [4.78, 5) is 15.1. The Morgan fingerprint density at radius 1 is 1.06 bits per heavy atom. The van der Waals surface area contributed by atoms with E-state index in [1.165, 1.54) is 17.3 Å². The molecule has 0 aliphatic heterocycles. The molecule has 0 fully saturated rings. The zero-order valence-corrected chi connectivity index (χ0v) is 22.3. The summed E-state index contributed by atoms with van der Waals surface area (Å²) < 4.78 is 3.89. The summed E-state index contributed by atoms with van der Waals surface area (Å²) in [7, 11) is 4.10. The van der Waals surface area contributed by atoms with Crippen LogP contribution in [0.1, 0.15) is 42.0 Å². The van der Waals surface area contributed by atoms with E-state index < -0.39 is 0 Å². The summed E-state index contributed by atoms with van der Waals surface area (Å²) in [6.45, 7) is 6.75. The van der Waals surface area contributed by atoms with Crippen molar-refractivity contribution < 1.29 is 4.79 Å². The molecule has 0 unspecified atom stereocenters. The Balaban J connectivity index is 1.52. The lowest BCUT2D eigenvalue weighted by Gasteiger charge is -2.23. The number of carbonyl (C=O) groups is 1. The number of anilines is 1. The van der Waals surface area contributed by atoms with Gasteiger partial charge in [0.2, 0.25) is 5.91 Å². The molecule has 4 rings (SSSR count). The number of hydrogen-bond donors (Lipinski definition) is 1. The van der Waals surface area contributed by atoms with Gasteiger partial charge in [-0.15, -0.1) is 10.2 Å². The summed E-state index contributed by atoms with van der Waals surface area (Å²) in [5, 5.41) is 17.3. The molecule has 2 heterocycles. The maximum Gasteiger partial charge on any atom is 0.236 e. The fourth-order valence-electron chi connectivity index (χ4n) is 4.13. The molecule has 36 heavy (non-hydrogen) atoms. The fraction of sp³-hybridized carbons (Fsp3) is 0.333. The van der Waals surface area contributed by atoms with Crippen LogP contribution in [0.4, 0.5) is 5.82 Å². The first kappa shape index (κ1) is 25.7. The maximum absolute atomic E-state index is 13.0. The Morgan fingerprint density at radius 2 is 1.78 bits per heavy atom. The number of aromatic nitrogens is 5. The smallest absolute Gasteiger partial charge is 0.236 e. The molecular formula is C27H33N7OS. The highest BCUT2D eigenvalue weighted by Crippen LogP contribution is 2.26. The Hall–Kier alpha value is -3.43. The molecule has 0 saturated carbocycles. The van der Waals surface area contributed by atoms with Crippen molar-refractivity contribution in [1.29, 1.82) is 0 Å². The van der Waals surface area contributed by atoms with Crippen molar-refractivity contribution in [2.24, 2.45) is 0 Å². The predicted octanol–water partition coefficient (Wildman–Crippen LogP) is 4.87. The molecule has 0 spiro atoms. The van der Waals surface area contributed by atoms with Crippen LogP contribution < -0.4 is 5.32 Å². The van der Waals surface area contributed by atoms with Crippen molar-refractivity contribution in [3.63, 3.8) is 0 Å². The molecule has 0 radical (unpaired) electrons. The highest BCUT2D eigenvalue weighted by atomic mass is 32.2. The quantitative estimate of drug-likeness (QED) is 0.311. The van der Waals surface area contributed by atoms with Crippen LogP contribution in [0.3, 0.4) is 0 Å². The molecule has 188 valence electrons. The standard InChI is InChI=1S/C27H33N7OS/c1-6-23(32(4)5)26-29-30-27(33(26)17-21-10-8-7-9-11-21)36-18-25(35)28-24-16-20(3)31-34(24)22-14-12-19(2)13-15-22/h7-16,23H,6,17-18H2,1-5H3,(H,28,35)/t23-/m1/s1. The van der Waals surface area contributed by atoms with Gasteiger partial charge in [-0.1, -0.05) is 66.7 Å². The van der Waals surface area contributed by atoms with E-state index in [4.69, 9.17) is 0 Å². The van der Waals surface area contributed by atoms with Crippen molar-refractivity contribution >= 4 is 23.5 Å². The van der Waals surface area contributed by atoms with E-state index in [-0.39, 0.29) is 17.7 Å². The second-order valence-corrected chi connectivity index (χ2v) is 10.00. The second kappa shape index (κ2) is 11.5. The first-order valence-electron chi connectivity index (χ1n) is 12.1. The highest BCUT2D eigenvalue weighted by molar-refractivity contribution is 7.99. The number of hydrogen-bond acceptors (Lipinski definition) is 6. The van der Waals surface area contributed by atoms with Crippen molar-refractivity contribution in [3.8, 4) is 5.69 Å². The third kappa shape index (κ3) is 6.03. The number of nitrogens with one attached hydrogen (secondary N) is 1. The number of aryl methyl sites for hydroxylation is 2. The second-order valence-electron chi connectivity index (χ2n) is 9.06. The van der Waals surface area contributed by atoms with E-state index in [1.54, 1.807) is 4.68 Å².